The Bertz CT molecular complexity index is 1060. The second kappa shape index (κ2) is 15.6. The standard InChI is InChI=1S/C32H48F2N2O2Si/c1-5-7-9-10-11-13-18-38-25-22-35-32(36-23-25)29-28(33)21-27-26(30(29)34)17-16-24(31(27)37)15-12-14-20-39(3,4)19-8-6-2/h21-24H,5-20H2,1-4H3. The van der Waals surface area contributed by atoms with Crippen molar-refractivity contribution in [1.82, 2.24) is 9.97 Å². The van der Waals surface area contributed by atoms with Crippen molar-refractivity contribution in [2.75, 3.05) is 6.61 Å². The highest BCUT2D eigenvalue weighted by molar-refractivity contribution is 6.77. The van der Waals surface area contributed by atoms with Gasteiger partial charge in [-0.25, -0.2) is 18.7 Å². The Morgan fingerprint density at radius 3 is 2.31 bits per heavy atom. The Morgan fingerprint density at radius 1 is 0.923 bits per heavy atom. The number of ether oxygens (including phenoxy) is 1. The average Bonchev–Trinajstić information content (AvgIpc) is 2.92. The molecule has 0 aliphatic heterocycles. The molecule has 0 N–H and O–H groups in total. The van der Waals surface area contributed by atoms with E-state index >= 15 is 8.78 Å². The van der Waals surface area contributed by atoms with E-state index in [0.717, 1.165) is 32.1 Å². The van der Waals surface area contributed by atoms with Crippen LogP contribution in [-0.4, -0.2) is 30.4 Å². The molecule has 0 saturated heterocycles. The summed E-state index contributed by atoms with van der Waals surface area (Å²) in [5.41, 5.74) is 0.232. The Labute approximate surface area is 235 Å². The summed E-state index contributed by atoms with van der Waals surface area (Å²) in [6.07, 6.45) is 16.4. The monoisotopic (exact) mass is 558 g/mol. The lowest BCUT2D eigenvalue weighted by atomic mass is 9.79. The first-order valence-corrected chi connectivity index (χ1v) is 18.7. The normalized spacial score (nSPS) is 15.4. The molecule has 0 bridgehead atoms. The van der Waals surface area contributed by atoms with E-state index in [0.29, 0.717) is 30.8 Å². The maximum Gasteiger partial charge on any atom is 0.166 e. The van der Waals surface area contributed by atoms with Gasteiger partial charge in [0.25, 0.3) is 0 Å². The van der Waals surface area contributed by atoms with Gasteiger partial charge in [-0.3, -0.25) is 4.79 Å². The number of Topliss-reactive ketones (excluding diaryl/α,β-unsaturated/α-hetero) is 1. The van der Waals surface area contributed by atoms with Gasteiger partial charge in [-0.05, 0) is 37.3 Å². The van der Waals surface area contributed by atoms with Gasteiger partial charge in [-0.1, -0.05) is 96.8 Å². The zero-order chi connectivity index (χ0) is 28.3. The third kappa shape index (κ3) is 9.19. The van der Waals surface area contributed by atoms with Gasteiger partial charge < -0.3 is 4.74 Å². The van der Waals surface area contributed by atoms with E-state index < -0.39 is 19.7 Å². The Kier molecular flexibility index (Phi) is 12.5. The van der Waals surface area contributed by atoms with Crippen LogP contribution in [0.3, 0.4) is 0 Å². The van der Waals surface area contributed by atoms with E-state index in [4.69, 9.17) is 4.74 Å². The van der Waals surface area contributed by atoms with Gasteiger partial charge in [-0.2, -0.15) is 0 Å². The summed E-state index contributed by atoms with van der Waals surface area (Å²) in [5, 5.41) is 0. The fourth-order valence-electron chi connectivity index (χ4n) is 5.64. The number of rotatable bonds is 17. The van der Waals surface area contributed by atoms with Crippen molar-refractivity contribution in [3.8, 4) is 17.1 Å². The number of halogens is 2. The highest BCUT2D eigenvalue weighted by Crippen LogP contribution is 2.36. The summed E-state index contributed by atoms with van der Waals surface area (Å²) >= 11 is 0. The molecule has 0 spiro atoms. The number of fused-ring (bicyclic) bond motifs is 1. The predicted molar refractivity (Wildman–Crippen MR) is 158 cm³/mol. The first-order chi connectivity index (χ1) is 18.8. The number of hydrogen-bond donors (Lipinski definition) is 0. The number of benzene rings is 1. The number of ketones is 1. The van der Waals surface area contributed by atoms with Gasteiger partial charge in [0.2, 0.25) is 0 Å². The zero-order valence-electron chi connectivity index (χ0n) is 24.6. The highest BCUT2D eigenvalue weighted by Gasteiger charge is 2.32. The zero-order valence-corrected chi connectivity index (χ0v) is 25.6. The van der Waals surface area contributed by atoms with Gasteiger partial charge in [-0.15, -0.1) is 0 Å². The van der Waals surface area contributed by atoms with E-state index in [2.05, 4.69) is 36.9 Å². The summed E-state index contributed by atoms with van der Waals surface area (Å²) in [7, 11) is -1.16. The fraction of sp³-hybridized carbons (Fsp3) is 0.656. The molecule has 216 valence electrons. The molecule has 0 fully saturated rings. The van der Waals surface area contributed by atoms with Gasteiger partial charge in [0.1, 0.15) is 11.6 Å². The summed E-state index contributed by atoms with van der Waals surface area (Å²) < 4.78 is 36.4. The predicted octanol–water partition coefficient (Wildman–Crippen LogP) is 9.58. The molecule has 0 radical (unpaired) electrons. The molecule has 1 aliphatic rings. The van der Waals surface area contributed by atoms with Crippen LogP contribution in [-0.2, 0) is 6.42 Å². The minimum Gasteiger partial charge on any atom is -0.490 e. The Hall–Kier alpha value is -2.15. The maximum absolute atomic E-state index is 15.5. The molecule has 1 unspecified atom stereocenters. The molecule has 0 amide bonds. The van der Waals surface area contributed by atoms with Crippen molar-refractivity contribution < 1.29 is 18.3 Å². The fourth-order valence-corrected chi connectivity index (χ4v) is 8.41. The molecule has 1 aromatic carbocycles. The van der Waals surface area contributed by atoms with E-state index in [9.17, 15) is 4.79 Å². The second-order valence-electron chi connectivity index (χ2n) is 12.0. The van der Waals surface area contributed by atoms with Gasteiger partial charge >= 0.3 is 0 Å². The van der Waals surface area contributed by atoms with Crippen LogP contribution in [0.25, 0.3) is 11.4 Å². The first kappa shape index (κ1) is 31.4. The lowest BCUT2D eigenvalue weighted by Gasteiger charge is -2.26. The van der Waals surface area contributed by atoms with E-state index in [1.165, 1.54) is 69.1 Å². The van der Waals surface area contributed by atoms with Gasteiger partial charge in [0, 0.05) is 19.6 Å². The topological polar surface area (TPSA) is 52.1 Å². The minimum absolute atomic E-state index is 0.0239. The second-order valence-corrected chi connectivity index (χ2v) is 17.4. The van der Waals surface area contributed by atoms with Crippen LogP contribution in [0.5, 0.6) is 5.75 Å². The average molecular weight is 559 g/mol. The van der Waals surface area contributed by atoms with Crippen LogP contribution in [0.15, 0.2) is 18.5 Å². The molecule has 1 aliphatic carbocycles. The Morgan fingerprint density at radius 2 is 1.59 bits per heavy atom. The molecule has 1 aromatic heterocycles. The van der Waals surface area contributed by atoms with E-state index in [1.54, 1.807) is 0 Å². The number of carbonyl (C=O) groups is 1. The number of nitrogens with zero attached hydrogens (tertiary/aromatic N) is 2. The van der Waals surface area contributed by atoms with Crippen LogP contribution < -0.4 is 4.74 Å². The van der Waals surface area contributed by atoms with E-state index in [1.807, 2.05) is 0 Å². The minimum atomic E-state index is -1.16. The van der Waals surface area contributed by atoms with Crippen molar-refractivity contribution >= 4 is 13.9 Å². The molecule has 1 atom stereocenters. The van der Waals surface area contributed by atoms with Crippen LogP contribution in [0.2, 0.25) is 25.2 Å². The van der Waals surface area contributed by atoms with Crippen LogP contribution in [0.1, 0.15) is 107 Å². The van der Waals surface area contributed by atoms with Gasteiger partial charge in [0.15, 0.2) is 17.4 Å². The van der Waals surface area contributed by atoms with Crippen molar-refractivity contribution in [3.05, 3.63) is 41.2 Å². The SMILES string of the molecule is CCCCCCCCOc1cnc(-c2c(F)cc3c(c2F)CCC(CCCC[Si](C)(C)CCCC)C3=O)nc1. The molecule has 1 heterocycles. The highest BCUT2D eigenvalue weighted by atomic mass is 28.3. The van der Waals surface area contributed by atoms with Crippen LogP contribution >= 0.6 is 0 Å². The van der Waals surface area contributed by atoms with Crippen molar-refractivity contribution in [2.45, 2.75) is 123 Å². The summed E-state index contributed by atoms with van der Waals surface area (Å²) in [5.74, 6) is -1.31. The molecule has 4 nitrogen and oxygen atoms in total. The third-order valence-electron chi connectivity index (χ3n) is 8.18. The van der Waals surface area contributed by atoms with Crippen molar-refractivity contribution in [3.63, 3.8) is 0 Å². The molecule has 7 heteroatoms. The first-order valence-electron chi connectivity index (χ1n) is 15.3. The number of unbranched alkanes of at least 4 members (excludes halogenated alkanes) is 7. The molecular formula is C32H48F2N2O2Si. The molecular weight excluding hydrogens is 510 g/mol. The largest absolute Gasteiger partial charge is 0.490 e. The number of aromatic nitrogens is 2. The lowest BCUT2D eigenvalue weighted by Crippen LogP contribution is -2.26. The summed E-state index contributed by atoms with van der Waals surface area (Å²) in [6, 6.07) is 3.84. The van der Waals surface area contributed by atoms with E-state index in [-0.39, 0.29) is 28.7 Å². The summed E-state index contributed by atoms with van der Waals surface area (Å²) in [6.45, 7) is 9.91. The number of hydrogen-bond acceptors (Lipinski definition) is 4. The van der Waals surface area contributed by atoms with Crippen molar-refractivity contribution in [1.29, 1.82) is 0 Å². The molecule has 0 saturated carbocycles. The molecule has 3 rings (SSSR count). The summed E-state index contributed by atoms with van der Waals surface area (Å²) in [4.78, 5) is 21.5. The van der Waals surface area contributed by atoms with Crippen LogP contribution in [0, 0.1) is 17.6 Å². The lowest BCUT2D eigenvalue weighted by molar-refractivity contribution is 0.0891. The third-order valence-corrected chi connectivity index (χ3v) is 11.6. The quantitative estimate of drug-likeness (QED) is 0.143. The van der Waals surface area contributed by atoms with Crippen molar-refractivity contribution in [2.24, 2.45) is 5.92 Å². The van der Waals surface area contributed by atoms with Crippen LogP contribution in [0.4, 0.5) is 8.78 Å². The smallest absolute Gasteiger partial charge is 0.166 e. The molecule has 39 heavy (non-hydrogen) atoms. The Balaban J connectivity index is 1.57. The number of carbonyl (C=O) groups excluding carboxylic acids is 1. The van der Waals surface area contributed by atoms with Gasteiger partial charge in [0.05, 0.1) is 24.6 Å². The maximum atomic E-state index is 15.5. The molecule has 2 aromatic rings.